The largest absolute Gasteiger partial charge is 0.380 e. The summed E-state index contributed by atoms with van der Waals surface area (Å²) in [5.74, 6) is -1.05. The summed E-state index contributed by atoms with van der Waals surface area (Å²) in [6, 6.07) is 9.58. The second-order valence-corrected chi connectivity index (χ2v) is 7.25. The van der Waals surface area contributed by atoms with Crippen molar-refractivity contribution in [3.63, 3.8) is 0 Å². The van der Waals surface area contributed by atoms with Crippen LogP contribution in [0.1, 0.15) is 16.9 Å². The Hall–Kier alpha value is -2.87. The van der Waals surface area contributed by atoms with E-state index in [1.807, 2.05) is 30.3 Å². The smallest absolute Gasteiger partial charge is 0.312 e. The second-order valence-electron chi connectivity index (χ2n) is 7.25. The molecule has 0 radical (unpaired) electrons. The fourth-order valence-corrected chi connectivity index (χ4v) is 3.85. The summed E-state index contributed by atoms with van der Waals surface area (Å²) in [6.07, 6.45) is 0.755. The number of amides is 3. The summed E-state index contributed by atoms with van der Waals surface area (Å²) >= 11 is 0. The van der Waals surface area contributed by atoms with E-state index < -0.39 is 11.8 Å². The van der Waals surface area contributed by atoms with Gasteiger partial charge in [-0.15, -0.1) is 0 Å². The molecule has 3 heterocycles. The lowest BCUT2D eigenvalue weighted by atomic mass is 10.2. The number of rotatable bonds is 2. The van der Waals surface area contributed by atoms with Crippen molar-refractivity contribution in [3.8, 4) is 0 Å². The fourth-order valence-electron chi connectivity index (χ4n) is 3.85. The molecule has 2 saturated heterocycles. The SMILES string of the molecule is CO[C@@H]1CCN(C(=O)C(=O)N2CCN(C(=O)c3cc4ccccc4[nH]3)CC2)C1. The third kappa shape index (κ3) is 3.47. The van der Waals surface area contributed by atoms with Crippen molar-refractivity contribution < 1.29 is 19.1 Å². The quantitative estimate of drug-likeness (QED) is 0.773. The van der Waals surface area contributed by atoms with E-state index in [-0.39, 0.29) is 12.0 Å². The van der Waals surface area contributed by atoms with Gasteiger partial charge in [-0.1, -0.05) is 18.2 Å². The number of carbonyl (C=O) groups excluding carboxylic acids is 3. The van der Waals surface area contributed by atoms with Gasteiger partial charge in [0.25, 0.3) is 5.91 Å². The van der Waals surface area contributed by atoms with Crippen LogP contribution in [0, 0.1) is 0 Å². The standard InChI is InChI=1S/C20H24N4O4/c1-28-15-6-7-24(13-15)20(27)19(26)23-10-8-22(9-11-23)18(25)17-12-14-4-2-3-5-16(14)21-17/h2-5,12,15,21H,6-11,13H2,1H3/t15-/m1/s1. The molecular weight excluding hydrogens is 360 g/mol. The van der Waals surface area contributed by atoms with Gasteiger partial charge in [0.1, 0.15) is 5.69 Å². The van der Waals surface area contributed by atoms with E-state index >= 15 is 0 Å². The number of piperazine rings is 1. The Bertz CT molecular complexity index is 867. The Morgan fingerprint density at radius 1 is 0.964 bits per heavy atom. The Morgan fingerprint density at radius 3 is 2.32 bits per heavy atom. The molecule has 2 aliphatic heterocycles. The van der Waals surface area contributed by atoms with Crippen LogP contribution < -0.4 is 0 Å². The highest BCUT2D eigenvalue weighted by Gasteiger charge is 2.34. The number of hydrogen-bond acceptors (Lipinski definition) is 4. The number of H-pyrrole nitrogens is 1. The van der Waals surface area contributed by atoms with E-state index in [4.69, 9.17) is 4.74 Å². The lowest BCUT2D eigenvalue weighted by Crippen LogP contribution is -2.54. The topological polar surface area (TPSA) is 85.9 Å². The molecule has 8 nitrogen and oxygen atoms in total. The first-order valence-corrected chi connectivity index (χ1v) is 9.55. The number of nitrogens with one attached hydrogen (secondary N) is 1. The minimum atomic E-state index is -0.491. The van der Waals surface area contributed by atoms with Gasteiger partial charge in [0.05, 0.1) is 6.10 Å². The number of hydrogen-bond donors (Lipinski definition) is 1. The Morgan fingerprint density at radius 2 is 1.64 bits per heavy atom. The first kappa shape index (κ1) is 18.5. The van der Waals surface area contributed by atoms with Gasteiger partial charge in [-0.2, -0.15) is 0 Å². The van der Waals surface area contributed by atoms with Gasteiger partial charge in [0.15, 0.2) is 0 Å². The van der Waals surface area contributed by atoms with Crippen LogP contribution >= 0.6 is 0 Å². The predicted molar refractivity (Wildman–Crippen MR) is 103 cm³/mol. The molecule has 1 atom stereocenters. The monoisotopic (exact) mass is 384 g/mol. The van der Waals surface area contributed by atoms with Gasteiger partial charge < -0.3 is 24.4 Å². The van der Waals surface area contributed by atoms with Crippen LogP contribution in [0.5, 0.6) is 0 Å². The summed E-state index contributed by atoms with van der Waals surface area (Å²) < 4.78 is 5.26. The van der Waals surface area contributed by atoms with E-state index in [1.165, 1.54) is 4.90 Å². The molecule has 2 fully saturated rings. The molecular formula is C20H24N4O4. The molecule has 8 heteroatoms. The average Bonchev–Trinajstić information content (AvgIpc) is 3.39. The maximum Gasteiger partial charge on any atom is 0.312 e. The van der Waals surface area contributed by atoms with E-state index in [0.717, 1.165) is 17.3 Å². The zero-order valence-corrected chi connectivity index (χ0v) is 15.9. The number of methoxy groups -OCH3 is 1. The summed E-state index contributed by atoms with van der Waals surface area (Å²) in [4.78, 5) is 45.7. The van der Waals surface area contributed by atoms with Gasteiger partial charge in [0, 0.05) is 57.3 Å². The molecule has 0 bridgehead atoms. The van der Waals surface area contributed by atoms with Crippen LogP contribution in [0.15, 0.2) is 30.3 Å². The molecule has 0 aliphatic carbocycles. The molecule has 2 aromatic rings. The first-order valence-electron chi connectivity index (χ1n) is 9.55. The van der Waals surface area contributed by atoms with Gasteiger partial charge in [-0.25, -0.2) is 0 Å². The minimum absolute atomic E-state index is 0.00234. The predicted octanol–water partition coefficient (Wildman–Crippen LogP) is 0.700. The second kappa shape index (κ2) is 7.63. The number of aromatic amines is 1. The molecule has 1 aromatic heterocycles. The molecule has 1 N–H and O–H groups in total. The Balaban J connectivity index is 1.34. The van der Waals surface area contributed by atoms with E-state index in [9.17, 15) is 14.4 Å². The molecule has 28 heavy (non-hydrogen) atoms. The molecule has 4 rings (SSSR count). The number of fused-ring (bicyclic) bond motifs is 1. The van der Waals surface area contributed by atoms with Crippen molar-refractivity contribution in [3.05, 3.63) is 36.0 Å². The van der Waals surface area contributed by atoms with Crippen LogP contribution in [0.25, 0.3) is 10.9 Å². The van der Waals surface area contributed by atoms with Crippen LogP contribution in [0.4, 0.5) is 0 Å². The molecule has 0 saturated carbocycles. The van der Waals surface area contributed by atoms with E-state index in [0.29, 0.717) is 45.0 Å². The van der Waals surface area contributed by atoms with Crippen LogP contribution in [-0.2, 0) is 14.3 Å². The van der Waals surface area contributed by atoms with Crippen molar-refractivity contribution in [2.75, 3.05) is 46.4 Å². The molecule has 1 aromatic carbocycles. The fraction of sp³-hybridized carbons (Fsp3) is 0.450. The number of benzene rings is 1. The van der Waals surface area contributed by atoms with Gasteiger partial charge in [0.2, 0.25) is 0 Å². The summed E-state index contributed by atoms with van der Waals surface area (Å²) in [5, 5.41) is 0.991. The lowest BCUT2D eigenvalue weighted by molar-refractivity contribution is -0.152. The summed E-state index contributed by atoms with van der Waals surface area (Å²) in [6.45, 7) is 2.54. The molecule has 0 spiro atoms. The summed E-state index contributed by atoms with van der Waals surface area (Å²) in [5.41, 5.74) is 1.46. The normalized spacial score (nSPS) is 20.0. The van der Waals surface area contributed by atoms with Gasteiger partial charge >= 0.3 is 11.8 Å². The maximum absolute atomic E-state index is 12.8. The lowest BCUT2D eigenvalue weighted by Gasteiger charge is -2.34. The van der Waals surface area contributed by atoms with Crippen molar-refractivity contribution in [2.45, 2.75) is 12.5 Å². The van der Waals surface area contributed by atoms with Crippen molar-refractivity contribution in [2.24, 2.45) is 0 Å². The zero-order valence-electron chi connectivity index (χ0n) is 15.9. The Kier molecular flexibility index (Phi) is 5.04. The highest BCUT2D eigenvalue weighted by molar-refractivity contribution is 6.35. The van der Waals surface area contributed by atoms with Gasteiger partial charge in [-0.3, -0.25) is 14.4 Å². The summed E-state index contributed by atoms with van der Waals surface area (Å²) in [7, 11) is 1.61. The average molecular weight is 384 g/mol. The maximum atomic E-state index is 12.8. The molecule has 3 amide bonds. The number of nitrogens with zero attached hydrogens (tertiary/aromatic N) is 3. The van der Waals surface area contributed by atoms with Crippen molar-refractivity contribution in [1.29, 1.82) is 0 Å². The number of aromatic nitrogens is 1. The van der Waals surface area contributed by atoms with Crippen molar-refractivity contribution >= 4 is 28.6 Å². The van der Waals surface area contributed by atoms with Crippen LogP contribution in [0.2, 0.25) is 0 Å². The zero-order chi connectivity index (χ0) is 19.7. The van der Waals surface area contributed by atoms with Crippen molar-refractivity contribution in [1.82, 2.24) is 19.7 Å². The van der Waals surface area contributed by atoms with Gasteiger partial charge in [-0.05, 0) is 18.6 Å². The van der Waals surface area contributed by atoms with E-state index in [2.05, 4.69) is 4.98 Å². The third-order valence-electron chi connectivity index (χ3n) is 5.56. The first-order chi connectivity index (χ1) is 13.6. The highest BCUT2D eigenvalue weighted by Crippen LogP contribution is 2.17. The van der Waals surface area contributed by atoms with Crippen LogP contribution in [-0.4, -0.2) is 89.9 Å². The third-order valence-corrected chi connectivity index (χ3v) is 5.56. The number of para-hydroxylation sites is 1. The number of carbonyl (C=O) groups is 3. The van der Waals surface area contributed by atoms with E-state index in [1.54, 1.807) is 16.9 Å². The minimum Gasteiger partial charge on any atom is -0.380 e. The number of likely N-dealkylation sites (tertiary alicyclic amines) is 1. The Labute approximate surface area is 163 Å². The highest BCUT2D eigenvalue weighted by atomic mass is 16.5. The molecule has 0 unspecified atom stereocenters. The molecule has 2 aliphatic rings. The molecule has 148 valence electrons. The number of ether oxygens (including phenoxy) is 1. The van der Waals surface area contributed by atoms with Crippen LogP contribution in [0.3, 0.4) is 0 Å².